The van der Waals surface area contributed by atoms with Crippen molar-refractivity contribution in [3.8, 4) is 17.2 Å². The molecular formula is C22H27ClN4O3. The number of para-hydroxylation sites is 1. The fourth-order valence-corrected chi connectivity index (χ4v) is 3.03. The number of nitrogens with zero attached hydrogens (tertiary/aromatic N) is 2. The summed E-state index contributed by atoms with van der Waals surface area (Å²) in [6, 6.07) is 15.0. The van der Waals surface area contributed by atoms with Crippen LogP contribution in [0.15, 0.2) is 60.9 Å². The zero-order valence-corrected chi connectivity index (χ0v) is 18.1. The molecule has 2 amide bonds. The van der Waals surface area contributed by atoms with Crippen molar-refractivity contribution in [3.63, 3.8) is 0 Å². The zero-order valence-electron chi connectivity index (χ0n) is 17.3. The van der Waals surface area contributed by atoms with Crippen LogP contribution in [0.3, 0.4) is 0 Å². The Morgan fingerprint density at radius 2 is 1.90 bits per heavy atom. The second kappa shape index (κ2) is 11.1. The van der Waals surface area contributed by atoms with Crippen LogP contribution in [0.2, 0.25) is 0 Å². The van der Waals surface area contributed by atoms with Gasteiger partial charge in [0.15, 0.2) is 0 Å². The number of aromatic nitrogens is 2. The maximum Gasteiger partial charge on any atom is 0.315 e. The van der Waals surface area contributed by atoms with Crippen LogP contribution in [0.1, 0.15) is 24.1 Å². The minimum atomic E-state index is -0.238. The topological polar surface area (TPSA) is 77.4 Å². The first-order valence-corrected chi connectivity index (χ1v) is 9.46. The van der Waals surface area contributed by atoms with Gasteiger partial charge in [-0.2, -0.15) is 5.10 Å². The molecule has 160 valence electrons. The van der Waals surface area contributed by atoms with Crippen molar-refractivity contribution in [2.24, 2.45) is 0 Å². The maximum absolute atomic E-state index is 12.3. The number of benzene rings is 2. The number of carbonyl (C=O) groups is 1. The normalized spacial score (nSPS) is 11.2. The lowest BCUT2D eigenvalue weighted by molar-refractivity contribution is 0.238. The summed E-state index contributed by atoms with van der Waals surface area (Å²) in [5.41, 5.74) is 2.91. The number of hydrogen-bond donors (Lipinski definition) is 2. The summed E-state index contributed by atoms with van der Waals surface area (Å²) in [6.07, 6.45) is 4.48. The number of ether oxygens (including phenoxy) is 2. The van der Waals surface area contributed by atoms with Crippen LogP contribution in [-0.4, -0.2) is 36.6 Å². The Hall–Kier alpha value is -3.19. The Bertz CT molecular complexity index is 947. The molecular weight excluding hydrogens is 404 g/mol. The van der Waals surface area contributed by atoms with E-state index in [-0.39, 0.29) is 24.5 Å². The summed E-state index contributed by atoms with van der Waals surface area (Å²) in [4.78, 5) is 12.3. The monoisotopic (exact) mass is 430 g/mol. The minimum absolute atomic E-state index is 0. The Kier molecular flexibility index (Phi) is 8.55. The van der Waals surface area contributed by atoms with Crippen molar-refractivity contribution in [1.82, 2.24) is 20.4 Å². The van der Waals surface area contributed by atoms with Crippen molar-refractivity contribution in [3.05, 3.63) is 72.1 Å². The smallest absolute Gasteiger partial charge is 0.315 e. The van der Waals surface area contributed by atoms with Gasteiger partial charge in [-0.1, -0.05) is 18.2 Å². The first-order chi connectivity index (χ1) is 14.1. The van der Waals surface area contributed by atoms with Gasteiger partial charge in [0.1, 0.15) is 11.5 Å². The zero-order chi connectivity index (χ0) is 20.6. The van der Waals surface area contributed by atoms with Gasteiger partial charge in [-0.25, -0.2) is 9.48 Å². The summed E-state index contributed by atoms with van der Waals surface area (Å²) >= 11 is 0. The number of amides is 2. The fourth-order valence-electron chi connectivity index (χ4n) is 3.03. The van der Waals surface area contributed by atoms with E-state index in [1.54, 1.807) is 14.2 Å². The molecule has 3 aromatic rings. The van der Waals surface area contributed by atoms with Gasteiger partial charge in [0.2, 0.25) is 0 Å². The molecule has 3 rings (SSSR count). The molecule has 8 heteroatoms. The van der Waals surface area contributed by atoms with E-state index >= 15 is 0 Å². The number of rotatable bonds is 8. The van der Waals surface area contributed by atoms with E-state index in [0.717, 1.165) is 16.8 Å². The Morgan fingerprint density at radius 3 is 2.60 bits per heavy atom. The Labute approximate surface area is 182 Å². The summed E-state index contributed by atoms with van der Waals surface area (Å²) in [6.45, 7) is 2.41. The quantitative estimate of drug-likeness (QED) is 0.568. The predicted molar refractivity (Wildman–Crippen MR) is 119 cm³/mol. The molecule has 7 nitrogen and oxygen atoms in total. The van der Waals surface area contributed by atoms with Gasteiger partial charge < -0.3 is 20.1 Å². The highest BCUT2D eigenvalue weighted by atomic mass is 35.5. The van der Waals surface area contributed by atoms with Gasteiger partial charge >= 0.3 is 6.03 Å². The van der Waals surface area contributed by atoms with Crippen LogP contribution in [0.25, 0.3) is 5.69 Å². The van der Waals surface area contributed by atoms with Crippen LogP contribution < -0.4 is 20.1 Å². The van der Waals surface area contributed by atoms with Crippen LogP contribution >= 0.6 is 12.4 Å². The van der Waals surface area contributed by atoms with Crippen LogP contribution in [-0.2, 0) is 6.42 Å². The van der Waals surface area contributed by atoms with E-state index in [1.807, 2.05) is 72.5 Å². The van der Waals surface area contributed by atoms with E-state index in [2.05, 4.69) is 15.7 Å². The molecule has 2 N–H and O–H groups in total. The van der Waals surface area contributed by atoms with E-state index in [4.69, 9.17) is 9.47 Å². The molecule has 1 aromatic heterocycles. The molecule has 0 saturated carbocycles. The first kappa shape index (κ1) is 23.1. The first-order valence-electron chi connectivity index (χ1n) is 9.46. The van der Waals surface area contributed by atoms with Gasteiger partial charge in [-0.3, -0.25) is 0 Å². The average molecular weight is 431 g/mol. The van der Waals surface area contributed by atoms with Crippen molar-refractivity contribution in [1.29, 1.82) is 0 Å². The molecule has 2 aromatic carbocycles. The lowest BCUT2D eigenvalue weighted by atomic mass is 10.1. The largest absolute Gasteiger partial charge is 0.497 e. The highest BCUT2D eigenvalue weighted by molar-refractivity contribution is 5.85. The molecule has 1 heterocycles. The average Bonchev–Trinajstić information content (AvgIpc) is 3.22. The molecule has 1 unspecified atom stereocenters. The van der Waals surface area contributed by atoms with Crippen molar-refractivity contribution in [2.75, 3.05) is 20.8 Å². The van der Waals surface area contributed by atoms with Gasteiger partial charge in [0, 0.05) is 18.3 Å². The molecule has 0 fully saturated rings. The van der Waals surface area contributed by atoms with Crippen molar-refractivity contribution >= 4 is 18.4 Å². The third-order valence-corrected chi connectivity index (χ3v) is 4.61. The van der Waals surface area contributed by atoms with E-state index in [9.17, 15) is 4.79 Å². The van der Waals surface area contributed by atoms with Crippen LogP contribution in [0.5, 0.6) is 11.5 Å². The van der Waals surface area contributed by atoms with E-state index < -0.39 is 0 Å². The molecule has 0 aliphatic carbocycles. The molecule has 0 spiro atoms. The minimum Gasteiger partial charge on any atom is -0.497 e. The molecule has 30 heavy (non-hydrogen) atoms. The number of urea groups is 1. The standard InChI is InChI=1S/C22H26N4O3.ClH/c1-16(20-13-19(28-2)9-10-21(20)29-3)25-22(27)23-12-11-17-14-24-26(15-17)18-7-5-4-6-8-18;/h4-10,13-16H,11-12H2,1-3H3,(H2,23,25,27);1H. The fraction of sp³-hybridized carbons (Fsp3) is 0.273. The lowest BCUT2D eigenvalue weighted by Gasteiger charge is -2.18. The molecule has 0 bridgehead atoms. The Balaban J connectivity index is 0.00000320. The van der Waals surface area contributed by atoms with E-state index in [0.29, 0.717) is 24.5 Å². The van der Waals surface area contributed by atoms with Gasteiger partial charge in [0.25, 0.3) is 0 Å². The van der Waals surface area contributed by atoms with Crippen LogP contribution in [0, 0.1) is 0 Å². The number of nitrogens with one attached hydrogen (secondary N) is 2. The number of carbonyl (C=O) groups excluding carboxylic acids is 1. The second-order valence-corrected chi connectivity index (χ2v) is 6.61. The number of halogens is 1. The second-order valence-electron chi connectivity index (χ2n) is 6.61. The summed E-state index contributed by atoms with van der Waals surface area (Å²) in [5, 5.41) is 10.2. The third-order valence-electron chi connectivity index (χ3n) is 4.61. The number of methoxy groups -OCH3 is 2. The van der Waals surface area contributed by atoms with Gasteiger partial charge in [0.05, 0.1) is 32.1 Å². The molecule has 0 aliphatic rings. The number of hydrogen-bond acceptors (Lipinski definition) is 4. The van der Waals surface area contributed by atoms with E-state index in [1.165, 1.54) is 0 Å². The molecule has 0 aliphatic heterocycles. The van der Waals surface area contributed by atoms with Crippen LogP contribution in [0.4, 0.5) is 4.79 Å². The van der Waals surface area contributed by atoms with Gasteiger partial charge in [-0.15, -0.1) is 12.4 Å². The molecule has 0 radical (unpaired) electrons. The Morgan fingerprint density at radius 1 is 1.13 bits per heavy atom. The third kappa shape index (κ3) is 5.90. The lowest BCUT2D eigenvalue weighted by Crippen LogP contribution is -2.38. The molecule has 0 saturated heterocycles. The summed E-state index contributed by atoms with van der Waals surface area (Å²) in [5.74, 6) is 1.41. The predicted octanol–water partition coefficient (Wildman–Crippen LogP) is 3.91. The SMILES string of the molecule is COc1ccc(OC)c(C(C)NC(=O)NCCc2cnn(-c3ccccc3)c2)c1.Cl. The summed E-state index contributed by atoms with van der Waals surface area (Å²) < 4.78 is 12.5. The van der Waals surface area contributed by atoms with Crippen molar-refractivity contribution < 1.29 is 14.3 Å². The van der Waals surface area contributed by atoms with Gasteiger partial charge in [-0.05, 0) is 49.2 Å². The highest BCUT2D eigenvalue weighted by Gasteiger charge is 2.15. The molecule has 1 atom stereocenters. The van der Waals surface area contributed by atoms with Crippen molar-refractivity contribution in [2.45, 2.75) is 19.4 Å². The summed E-state index contributed by atoms with van der Waals surface area (Å²) in [7, 11) is 3.21. The maximum atomic E-state index is 12.3. The highest BCUT2D eigenvalue weighted by Crippen LogP contribution is 2.29.